The average molecular weight is 199 g/mol. The maximum atomic E-state index is 4.26. The maximum Gasteiger partial charge on any atom is 0.127 e. The van der Waals surface area contributed by atoms with E-state index >= 15 is 0 Å². The monoisotopic (exact) mass is 199 g/mol. The first kappa shape index (κ1) is 8.53. The van der Waals surface area contributed by atoms with E-state index in [9.17, 15) is 0 Å². The number of fused-ring (bicyclic) bond motifs is 1. The van der Waals surface area contributed by atoms with E-state index in [4.69, 9.17) is 0 Å². The molecule has 0 bridgehead atoms. The lowest BCUT2D eigenvalue weighted by atomic mass is 10.2. The smallest absolute Gasteiger partial charge is 0.127 e. The van der Waals surface area contributed by atoms with Crippen LogP contribution in [0.15, 0.2) is 42.6 Å². The summed E-state index contributed by atoms with van der Waals surface area (Å²) in [5.74, 6) is 1.24. The molecule has 0 fully saturated rings. The molecule has 0 spiro atoms. The molecule has 0 N–H and O–H groups in total. The Morgan fingerprint density at radius 1 is 1.07 bits per heavy atom. The molecule has 0 radical (unpaired) electrons. The average Bonchev–Trinajstić information content (AvgIpc) is 2.85. The molecule has 2 heterocycles. The van der Waals surface area contributed by atoms with Crippen molar-refractivity contribution < 1.29 is 0 Å². The van der Waals surface area contributed by atoms with Crippen molar-refractivity contribution in [1.82, 2.24) is 9.78 Å². The summed E-state index contributed by atoms with van der Waals surface area (Å²) >= 11 is 0. The molecule has 0 atom stereocenters. The van der Waals surface area contributed by atoms with E-state index in [1.165, 1.54) is 11.4 Å². The van der Waals surface area contributed by atoms with Crippen LogP contribution in [0.4, 0.5) is 5.82 Å². The quantitative estimate of drug-likeness (QED) is 0.736. The van der Waals surface area contributed by atoms with Crippen molar-refractivity contribution >= 4 is 5.82 Å². The van der Waals surface area contributed by atoms with Gasteiger partial charge < -0.3 is 4.90 Å². The fourth-order valence-electron chi connectivity index (χ4n) is 2.06. The van der Waals surface area contributed by atoms with Crippen LogP contribution in [0.25, 0.3) is 0 Å². The molecule has 15 heavy (non-hydrogen) atoms. The fourth-order valence-corrected chi connectivity index (χ4v) is 2.06. The number of benzene rings is 1. The zero-order valence-corrected chi connectivity index (χ0v) is 8.50. The normalized spacial score (nSPS) is 14.3. The lowest BCUT2D eigenvalue weighted by Crippen LogP contribution is -2.19. The molecule has 3 nitrogen and oxygen atoms in total. The summed E-state index contributed by atoms with van der Waals surface area (Å²) in [7, 11) is 0. The van der Waals surface area contributed by atoms with Crippen LogP contribution in [0.2, 0.25) is 0 Å². The molecule has 0 unspecified atom stereocenters. The molecular weight excluding hydrogens is 186 g/mol. The molecule has 76 valence electrons. The third-order valence-corrected chi connectivity index (χ3v) is 2.82. The minimum absolute atomic E-state index is 0.979. The highest BCUT2D eigenvalue weighted by atomic mass is 15.4. The van der Waals surface area contributed by atoms with Gasteiger partial charge in [-0.2, -0.15) is 5.10 Å². The van der Waals surface area contributed by atoms with Crippen LogP contribution in [0, 0.1) is 0 Å². The molecular formula is C12H13N3. The molecule has 0 amide bonds. The van der Waals surface area contributed by atoms with Gasteiger partial charge in [-0.15, -0.1) is 0 Å². The van der Waals surface area contributed by atoms with Gasteiger partial charge in [-0.1, -0.05) is 30.3 Å². The minimum Gasteiger partial charge on any atom is -0.351 e. The van der Waals surface area contributed by atoms with E-state index in [-0.39, 0.29) is 0 Å². The SMILES string of the molecule is c1ccc(CN2CCn3nccc32)cc1. The molecule has 0 aliphatic carbocycles. The predicted molar refractivity (Wildman–Crippen MR) is 59.7 cm³/mol. The molecule has 1 aromatic carbocycles. The largest absolute Gasteiger partial charge is 0.351 e. The highest BCUT2D eigenvalue weighted by Crippen LogP contribution is 2.21. The van der Waals surface area contributed by atoms with Crippen LogP contribution in [-0.4, -0.2) is 16.3 Å². The van der Waals surface area contributed by atoms with Crippen molar-refractivity contribution in [3.8, 4) is 0 Å². The molecule has 3 rings (SSSR count). The van der Waals surface area contributed by atoms with Gasteiger partial charge in [0.15, 0.2) is 0 Å². The zero-order valence-electron chi connectivity index (χ0n) is 8.50. The summed E-state index contributed by atoms with van der Waals surface area (Å²) in [5.41, 5.74) is 1.35. The lowest BCUT2D eigenvalue weighted by molar-refractivity contribution is 0.686. The van der Waals surface area contributed by atoms with Crippen LogP contribution in [0.1, 0.15) is 5.56 Å². The van der Waals surface area contributed by atoms with Crippen molar-refractivity contribution in [3.63, 3.8) is 0 Å². The molecule has 1 aliphatic rings. The molecule has 0 saturated heterocycles. The first-order valence-corrected chi connectivity index (χ1v) is 5.24. The Morgan fingerprint density at radius 2 is 1.93 bits per heavy atom. The third-order valence-electron chi connectivity index (χ3n) is 2.82. The van der Waals surface area contributed by atoms with Crippen LogP contribution >= 0.6 is 0 Å². The van der Waals surface area contributed by atoms with E-state index in [0.717, 1.165) is 19.6 Å². The van der Waals surface area contributed by atoms with Crippen LogP contribution < -0.4 is 4.90 Å². The summed E-state index contributed by atoms with van der Waals surface area (Å²) in [6.07, 6.45) is 1.87. The number of hydrogen-bond acceptors (Lipinski definition) is 2. The molecule has 1 aromatic heterocycles. The Labute approximate surface area is 88.9 Å². The number of rotatable bonds is 2. The first-order chi connectivity index (χ1) is 7.43. The second kappa shape index (κ2) is 3.42. The standard InChI is InChI=1S/C12H13N3/c1-2-4-11(5-3-1)10-14-8-9-15-12(14)6-7-13-15/h1-7H,8-10H2. The van der Waals surface area contributed by atoms with Crippen molar-refractivity contribution in [1.29, 1.82) is 0 Å². The van der Waals surface area contributed by atoms with Gasteiger partial charge in [-0.3, -0.25) is 0 Å². The second-order valence-electron chi connectivity index (χ2n) is 3.82. The summed E-state index contributed by atoms with van der Waals surface area (Å²) < 4.78 is 2.06. The predicted octanol–water partition coefficient (Wildman–Crippen LogP) is 1.90. The molecule has 2 aromatic rings. The van der Waals surface area contributed by atoms with Crippen LogP contribution in [0.3, 0.4) is 0 Å². The topological polar surface area (TPSA) is 21.1 Å². The van der Waals surface area contributed by atoms with E-state index < -0.39 is 0 Å². The van der Waals surface area contributed by atoms with Gasteiger partial charge >= 0.3 is 0 Å². The molecule has 0 saturated carbocycles. The Bertz CT molecular complexity index is 447. The Hall–Kier alpha value is -1.77. The fraction of sp³-hybridized carbons (Fsp3) is 0.250. The van der Waals surface area contributed by atoms with Crippen molar-refractivity contribution in [2.45, 2.75) is 13.1 Å². The van der Waals surface area contributed by atoms with Crippen LogP contribution in [0.5, 0.6) is 0 Å². The Kier molecular flexibility index (Phi) is 1.95. The Balaban J connectivity index is 1.81. The summed E-state index contributed by atoms with van der Waals surface area (Å²) in [6, 6.07) is 12.6. The van der Waals surface area contributed by atoms with Gasteiger partial charge in [-0.05, 0) is 5.56 Å². The van der Waals surface area contributed by atoms with Gasteiger partial charge in [0, 0.05) is 19.2 Å². The number of nitrogens with zero attached hydrogens (tertiary/aromatic N) is 3. The van der Waals surface area contributed by atoms with E-state index in [1.54, 1.807) is 0 Å². The molecule has 3 heteroatoms. The maximum absolute atomic E-state index is 4.26. The van der Waals surface area contributed by atoms with Gasteiger partial charge in [0.2, 0.25) is 0 Å². The Morgan fingerprint density at radius 3 is 2.80 bits per heavy atom. The number of aromatic nitrogens is 2. The number of anilines is 1. The highest BCUT2D eigenvalue weighted by Gasteiger charge is 2.18. The van der Waals surface area contributed by atoms with E-state index in [1.807, 2.05) is 6.20 Å². The highest BCUT2D eigenvalue weighted by molar-refractivity contribution is 5.42. The van der Waals surface area contributed by atoms with Gasteiger partial charge in [0.05, 0.1) is 12.7 Å². The van der Waals surface area contributed by atoms with Crippen molar-refractivity contribution in [3.05, 3.63) is 48.2 Å². The van der Waals surface area contributed by atoms with Crippen molar-refractivity contribution in [2.75, 3.05) is 11.4 Å². The van der Waals surface area contributed by atoms with Gasteiger partial charge in [0.25, 0.3) is 0 Å². The molecule has 1 aliphatic heterocycles. The minimum atomic E-state index is 0.979. The van der Waals surface area contributed by atoms with E-state index in [2.05, 4.69) is 51.1 Å². The van der Waals surface area contributed by atoms with Crippen molar-refractivity contribution in [2.24, 2.45) is 0 Å². The van der Waals surface area contributed by atoms with Crippen LogP contribution in [-0.2, 0) is 13.1 Å². The van der Waals surface area contributed by atoms with E-state index in [0.29, 0.717) is 0 Å². The summed E-state index contributed by atoms with van der Waals surface area (Å²) in [4.78, 5) is 2.36. The summed E-state index contributed by atoms with van der Waals surface area (Å²) in [6.45, 7) is 3.06. The zero-order chi connectivity index (χ0) is 10.1. The first-order valence-electron chi connectivity index (χ1n) is 5.24. The van der Waals surface area contributed by atoms with Gasteiger partial charge in [0.1, 0.15) is 5.82 Å². The summed E-state index contributed by atoms with van der Waals surface area (Å²) in [5, 5.41) is 4.26. The van der Waals surface area contributed by atoms with Gasteiger partial charge in [-0.25, -0.2) is 4.68 Å². The second-order valence-corrected chi connectivity index (χ2v) is 3.82. The number of hydrogen-bond donors (Lipinski definition) is 0. The lowest BCUT2D eigenvalue weighted by Gasteiger charge is -2.16. The third kappa shape index (κ3) is 1.50.